The van der Waals surface area contributed by atoms with Crippen molar-refractivity contribution in [1.82, 2.24) is 20.1 Å². The number of hydrogen-bond acceptors (Lipinski definition) is 4. The maximum atomic E-state index is 12.4. The van der Waals surface area contributed by atoms with Crippen molar-refractivity contribution < 1.29 is 4.79 Å². The average Bonchev–Trinajstić information content (AvgIpc) is 3.17. The Labute approximate surface area is 157 Å². The molecule has 1 amide bonds. The molecular formula is C20H22N4OS. The van der Waals surface area contributed by atoms with E-state index in [2.05, 4.69) is 34.5 Å². The minimum absolute atomic E-state index is 0.00614. The normalized spacial score (nSPS) is 11.9. The van der Waals surface area contributed by atoms with Gasteiger partial charge in [-0.25, -0.2) is 9.67 Å². The Morgan fingerprint density at radius 3 is 2.50 bits per heavy atom. The van der Waals surface area contributed by atoms with Crippen LogP contribution >= 0.6 is 11.8 Å². The minimum atomic E-state index is -0.00614. The van der Waals surface area contributed by atoms with Gasteiger partial charge in [0.25, 0.3) is 0 Å². The van der Waals surface area contributed by atoms with Gasteiger partial charge in [-0.05, 0) is 24.1 Å². The molecule has 0 spiro atoms. The quantitative estimate of drug-likeness (QED) is 0.612. The van der Waals surface area contributed by atoms with Crippen molar-refractivity contribution in [2.24, 2.45) is 0 Å². The average molecular weight is 366 g/mol. The van der Waals surface area contributed by atoms with Crippen LogP contribution in [-0.2, 0) is 4.79 Å². The number of aromatic nitrogens is 3. The topological polar surface area (TPSA) is 59.8 Å². The molecule has 5 nitrogen and oxygen atoms in total. The van der Waals surface area contributed by atoms with Crippen molar-refractivity contribution >= 4 is 17.7 Å². The zero-order valence-electron chi connectivity index (χ0n) is 14.7. The van der Waals surface area contributed by atoms with E-state index < -0.39 is 0 Å². The molecule has 3 rings (SSSR count). The number of nitrogens with zero attached hydrogens (tertiary/aromatic N) is 3. The molecule has 2 aromatic carbocycles. The van der Waals surface area contributed by atoms with Crippen LogP contribution in [0, 0.1) is 0 Å². The van der Waals surface area contributed by atoms with Crippen LogP contribution in [0.4, 0.5) is 0 Å². The van der Waals surface area contributed by atoms with E-state index in [9.17, 15) is 4.79 Å². The fourth-order valence-electron chi connectivity index (χ4n) is 2.68. The van der Waals surface area contributed by atoms with E-state index in [0.717, 1.165) is 24.1 Å². The summed E-state index contributed by atoms with van der Waals surface area (Å²) in [4.78, 5) is 16.6. The highest BCUT2D eigenvalue weighted by Gasteiger charge is 2.14. The van der Waals surface area contributed by atoms with E-state index in [1.807, 2.05) is 48.5 Å². The summed E-state index contributed by atoms with van der Waals surface area (Å²) in [5, 5.41) is 8.13. The Balaban J connectivity index is 1.56. The number of carbonyl (C=O) groups excluding carboxylic acids is 1. The van der Waals surface area contributed by atoms with E-state index >= 15 is 0 Å². The standard InChI is InChI=1S/C20H22N4OS/c1-2-9-18(16-10-5-3-6-11-16)22-19(25)14-26-20-21-15-24(23-20)17-12-7-4-8-13-17/h3-8,10-13,15,18H,2,9,14H2,1H3,(H,22,25). The van der Waals surface area contributed by atoms with Crippen molar-refractivity contribution in [2.45, 2.75) is 31.0 Å². The molecule has 0 aliphatic heterocycles. The lowest BCUT2D eigenvalue weighted by molar-refractivity contribution is -0.119. The zero-order chi connectivity index (χ0) is 18.2. The molecule has 0 aliphatic rings. The van der Waals surface area contributed by atoms with Crippen LogP contribution in [0.5, 0.6) is 0 Å². The Bertz CT molecular complexity index is 820. The number of carbonyl (C=O) groups is 1. The molecule has 1 heterocycles. The number of thioether (sulfide) groups is 1. The van der Waals surface area contributed by atoms with Gasteiger partial charge in [-0.3, -0.25) is 4.79 Å². The number of benzene rings is 2. The first-order valence-corrected chi connectivity index (χ1v) is 9.69. The molecule has 26 heavy (non-hydrogen) atoms. The van der Waals surface area contributed by atoms with Crippen LogP contribution in [-0.4, -0.2) is 26.4 Å². The summed E-state index contributed by atoms with van der Waals surface area (Å²) in [6.45, 7) is 2.12. The summed E-state index contributed by atoms with van der Waals surface area (Å²) in [7, 11) is 0. The van der Waals surface area contributed by atoms with Gasteiger partial charge in [0, 0.05) is 0 Å². The third-order valence-electron chi connectivity index (χ3n) is 3.94. The third kappa shape index (κ3) is 4.95. The molecule has 0 saturated heterocycles. The summed E-state index contributed by atoms with van der Waals surface area (Å²) >= 11 is 1.34. The summed E-state index contributed by atoms with van der Waals surface area (Å²) < 4.78 is 1.71. The molecule has 0 fully saturated rings. The lowest BCUT2D eigenvalue weighted by Gasteiger charge is -2.18. The Morgan fingerprint density at radius 1 is 1.12 bits per heavy atom. The highest BCUT2D eigenvalue weighted by atomic mass is 32.2. The van der Waals surface area contributed by atoms with E-state index in [4.69, 9.17) is 0 Å². The molecule has 0 radical (unpaired) electrons. The van der Waals surface area contributed by atoms with Crippen LogP contribution in [0.15, 0.2) is 72.1 Å². The minimum Gasteiger partial charge on any atom is -0.349 e. The zero-order valence-corrected chi connectivity index (χ0v) is 15.5. The number of amides is 1. The third-order valence-corrected chi connectivity index (χ3v) is 4.79. The van der Waals surface area contributed by atoms with Crippen molar-refractivity contribution in [3.63, 3.8) is 0 Å². The first-order chi connectivity index (χ1) is 12.8. The molecule has 0 saturated carbocycles. The molecular weight excluding hydrogens is 344 g/mol. The van der Waals surface area contributed by atoms with Gasteiger partial charge in [0.05, 0.1) is 17.5 Å². The Morgan fingerprint density at radius 2 is 1.81 bits per heavy atom. The van der Waals surface area contributed by atoms with Crippen molar-refractivity contribution in [1.29, 1.82) is 0 Å². The smallest absolute Gasteiger partial charge is 0.230 e. The highest BCUT2D eigenvalue weighted by molar-refractivity contribution is 7.99. The number of para-hydroxylation sites is 1. The molecule has 1 unspecified atom stereocenters. The van der Waals surface area contributed by atoms with Gasteiger partial charge in [0.2, 0.25) is 11.1 Å². The lowest BCUT2D eigenvalue weighted by atomic mass is 10.0. The highest BCUT2D eigenvalue weighted by Crippen LogP contribution is 2.19. The Kier molecular flexibility index (Phi) is 6.44. The second kappa shape index (κ2) is 9.20. The van der Waals surface area contributed by atoms with Gasteiger partial charge >= 0.3 is 0 Å². The first-order valence-electron chi connectivity index (χ1n) is 8.70. The molecule has 3 aromatic rings. The second-order valence-corrected chi connectivity index (χ2v) is 6.86. The summed E-state index contributed by atoms with van der Waals surface area (Å²) in [5.41, 5.74) is 2.09. The van der Waals surface area contributed by atoms with Crippen LogP contribution in [0.1, 0.15) is 31.4 Å². The Hall–Kier alpha value is -2.60. The SMILES string of the molecule is CCCC(NC(=O)CSc1ncn(-c2ccccc2)n1)c1ccccc1. The van der Waals surface area contributed by atoms with Gasteiger partial charge in [-0.2, -0.15) is 0 Å². The van der Waals surface area contributed by atoms with Gasteiger partial charge in [-0.15, -0.1) is 5.10 Å². The fraction of sp³-hybridized carbons (Fsp3) is 0.250. The van der Waals surface area contributed by atoms with Crippen LogP contribution in [0.2, 0.25) is 0 Å². The van der Waals surface area contributed by atoms with E-state index in [1.165, 1.54) is 11.8 Å². The van der Waals surface area contributed by atoms with E-state index in [-0.39, 0.29) is 11.9 Å². The van der Waals surface area contributed by atoms with Crippen LogP contribution in [0.25, 0.3) is 5.69 Å². The molecule has 1 aromatic heterocycles. The van der Waals surface area contributed by atoms with Gasteiger partial charge in [0.1, 0.15) is 6.33 Å². The monoisotopic (exact) mass is 366 g/mol. The fourth-order valence-corrected chi connectivity index (χ4v) is 3.29. The van der Waals surface area contributed by atoms with Gasteiger partial charge in [0.15, 0.2) is 0 Å². The second-order valence-electron chi connectivity index (χ2n) is 5.92. The van der Waals surface area contributed by atoms with Crippen LogP contribution in [0.3, 0.4) is 0 Å². The number of rotatable bonds is 8. The van der Waals surface area contributed by atoms with E-state index in [1.54, 1.807) is 11.0 Å². The van der Waals surface area contributed by atoms with Crippen molar-refractivity contribution in [3.05, 3.63) is 72.6 Å². The maximum Gasteiger partial charge on any atom is 0.230 e. The van der Waals surface area contributed by atoms with Crippen molar-refractivity contribution in [2.75, 3.05) is 5.75 Å². The molecule has 6 heteroatoms. The lowest BCUT2D eigenvalue weighted by Crippen LogP contribution is -2.30. The summed E-state index contributed by atoms with van der Waals surface area (Å²) in [6.07, 6.45) is 3.59. The molecule has 1 N–H and O–H groups in total. The number of hydrogen-bond donors (Lipinski definition) is 1. The molecule has 0 bridgehead atoms. The first kappa shape index (κ1) is 18.2. The van der Waals surface area contributed by atoms with Gasteiger partial charge < -0.3 is 5.32 Å². The predicted molar refractivity (Wildman–Crippen MR) is 104 cm³/mol. The van der Waals surface area contributed by atoms with Crippen LogP contribution < -0.4 is 5.32 Å². The van der Waals surface area contributed by atoms with E-state index in [0.29, 0.717) is 10.9 Å². The summed E-state index contributed by atoms with van der Waals surface area (Å²) in [6, 6.07) is 19.9. The van der Waals surface area contributed by atoms with Gasteiger partial charge in [-0.1, -0.05) is 73.6 Å². The van der Waals surface area contributed by atoms with Crippen molar-refractivity contribution in [3.8, 4) is 5.69 Å². The summed E-state index contributed by atoms with van der Waals surface area (Å²) in [5.74, 6) is 0.291. The maximum absolute atomic E-state index is 12.4. The largest absolute Gasteiger partial charge is 0.349 e. The molecule has 1 atom stereocenters. The molecule has 134 valence electrons. The number of nitrogens with one attached hydrogen (secondary N) is 1. The predicted octanol–water partition coefficient (Wildman–Crippen LogP) is 4.02. The molecule has 0 aliphatic carbocycles.